The fourth-order valence-corrected chi connectivity index (χ4v) is 7.30. The van der Waals surface area contributed by atoms with E-state index in [0.29, 0.717) is 19.3 Å². The van der Waals surface area contributed by atoms with E-state index in [1.807, 2.05) is 13.0 Å². The molecular weight excluding hydrogens is 388 g/mol. The van der Waals surface area contributed by atoms with Crippen LogP contribution < -0.4 is 0 Å². The van der Waals surface area contributed by atoms with Gasteiger partial charge in [-0.2, -0.15) is 0 Å². The molecule has 3 fully saturated rings. The Morgan fingerprint density at radius 3 is 2.43 bits per heavy atom. The molecule has 0 saturated heterocycles. The SMILES string of the molecule is COC(=O)[C@H]1[C@H]2C(=CC[C@H](OC(C)=O)[C@@]2(C)C(=O)OC)[C@@H]2CC[C@@]3(C)C[C@]21CC3=O. The largest absolute Gasteiger partial charge is 0.469 e. The van der Waals surface area contributed by atoms with E-state index >= 15 is 0 Å². The normalized spacial score (nSPS) is 43.9. The van der Waals surface area contributed by atoms with Gasteiger partial charge in [0.15, 0.2) is 0 Å². The second-order valence-electron chi connectivity index (χ2n) is 9.95. The van der Waals surface area contributed by atoms with Gasteiger partial charge in [-0.3, -0.25) is 19.2 Å². The molecule has 7 nitrogen and oxygen atoms in total. The minimum Gasteiger partial charge on any atom is -0.469 e. The van der Waals surface area contributed by atoms with Crippen LogP contribution in [0.3, 0.4) is 0 Å². The summed E-state index contributed by atoms with van der Waals surface area (Å²) in [6, 6.07) is 0. The second kappa shape index (κ2) is 6.66. The molecule has 164 valence electrons. The number of rotatable bonds is 3. The molecule has 4 aliphatic carbocycles. The van der Waals surface area contributed by atoms with Crippen molar-refractivity contribution in [3.63, 3.8) is 0 Å². The smallest absolute Gasteiger partial charge is 0.315 e. The maximum atomic E-state index is 13.2. The van der Waals surface area contributed by atoms with Crippen LogP contribution in [-0.2, 0) is 33.4 Å². The highest BCUT2D eigenvalue weighted by Gasteiger charge is 2.74. The third-order valence-electron chi connectivity index (χ3n) is 8.55. The van der Waals surface area contributed by atoms with E-state index in [2.05, 4.69) is 0 Å². The minimum absolute atomic E-state index is 0.0355. The molecule has 0 unspecified atom stereocenters. The zero-order valence-electron chi connectivity index (χ0n) is 18.3. The summed E-state index contributed by atoms with van der Waals surface area (Å²) in [5, 5.41) is 0. The fraction of sp³-hybridized carbons (Fsp3) is 0.739. The number of fused-ring (bicyclic) bond motifs is 3. The van der Waals surface area contributed by atoms with Gasteiger partial charge < -0.3 is 14.2 Å². The van der Waals surface area contributed by atoms with Gasteiger partial charge in [0, 0.05) is 31.1 Å². The summed E-state index contributed by atoms with van der Waals surface area (Å²) < 4.78 is 16.0. The molecule has 4 aliphatic rings. The van der Waals surface area contributed by atoms with E-state index < -0.39 is 52.1 Å². The van der Waals surface area contributed by atoms with Crippen LogP contribution in [0.25, 0.3) is 0 Å². The average Bonchev–Trinajstić information content (AvgIpc) is 3.09. The second-order valence-corrected chi connectivity index (χ2v) is 9.95. The van der Waals surface area contributed by atoms with Gasteiger partial charge >= 0.3 is 17.9 Å². The maximum absolute atomic E-state index is 13.2. The summed E-state index contributed by atoms with van der Waals surface area (Å²) in [5.41, 5.74) is -1.21. The van der Waals surface area contributed by atoms with Crippen molar-refractivity contribution in [1.29, 1.82) is 0 Å². The van der Waals surface area contributed by atoms with Crippen LogP contribution in [0.5, 0.6) is 0 Å². The molecule has 3 saturated carbocycles. The molecular formula is C23H30O7. The van der Waals surface area contributed by atoms with E-state index in [1.165, 1.54) is 21.1 Å². The van der Waals surface area contributed by atoms with Gasteiger partial charge in [-0.15, -0.1) is 0 Å². The van der Waals surface area contributed by atoms with Gasteiger partial charge in [0.2, 0.25) is 0 Å². The first kappa shape index (κ1) is 21.1. The van der Waals surface area contributed by atoms with Crippen molar-refractivity contribution in [2.45, 2.75) is 59.0 Å². The number of carbonyl (C=O) groups is 4. The van der Waals surface area contributed by atoms with E-state index in [0.717, 1.165) is 18.4 Å². The standard InChI is InChI=1S/C23H30O7/c1-12(24)30-16-7-6-13-14-8-9-21(2)11-23(14,10-15(21)25)18(19(26)28-4)17(13)22(16,3)20(27)29-5/h6,14,16-18H,7-11H2,1-5H3/t14-,16-,17+,18+,21-,22+,23+/m0/s1. The molecule has 1 spiro atoms. The molecule has 0 aromatic heterocycles. The van der Waals surface area contributed by atoms with Crippen LogP contribution >= 0.6 is 0 Å². The van der Waals surface area contributed by atoms with Crippen LogP contribution in [0.4, 0.5) is 0 Å². The van der Waals surface area contributed by atoms with Crippen molar-refractivity contribution >= 4 is 23.7 Å². The lowest BCUT2D eigenvalue weighted by Gasteiger charge is -2.45. The van der Waals surface area contributed by atoms with Crippen molar-refractivity contribution in [1.82, 2.24) is 0 Å². The van der Waals surface area contributed by atoms with Crippen molar-refractivity contribution < 1.29 is 33.4 Å². The quantitative estimate of drug-likeness (QED) is 0.395. The van der Waals surface area contributed by atoms with Crippen LogP contribution in [0.2, 0.25) is 0 Å². The number of methoxy groups -OCH3 is 2. The highest BCUT2D eigenvalue weighted by molar-refractivity contribution is 5.91. The number of carbonyl (C=O) groups excluding carboxylic acids is 4. The first-order valence-corrected chi connectivity index (χ1v) is 10.6. The van der Waals surface area contributed by atoms with Crippen molar-refractivity contribution in [3.8, 4) is 0 Å². The van der Waals surface area contributed by atoms with E-state index in [1.54, 1.807) is 6.92 Å². The lowest BCUT2D eigenvalue weighted by atomic mass is 9.59. The molecule has 0 aromatic rings. The Morgan fingerprint density at radius 1 is 1.13 bits per heavy atom. The third-order valence-corrected chi connectivity index (χ3v) is 8.55. The van der Waals surface area contributed by atoms with Crippen LogP contribution in [-0.4, -0.2) is 44.0 Å². The number of ether oxygens (including phenoxy) is 3. The predicted octanol–water partition coefficient (Wildman–Crippen LogP) is 2.61. The van der Waals surface area contributed by atoms with E-state index in [-0.39, 0.29) is 11.7 Å². The summed E-state index contributed by atoms with van der Waals surface area (Å²) in [4.78, 5) is 51.2. The predicted molar refractivity (Wildman–Crippen MR) is 105 cm³/mol. The lowest BCUT2D eigenvalue weighted by molar-refractivity contribution is -0.179. The number of ketones is 1. The molecule has 0 amide bonds. The highest BCUT2D eigenvalue weighted by Crippen LogP contribution is 2.73. The number of hydrogen-bond donors (Lipinski definition) is 0. The van der Waals surface area contributed by atoms with Gasteiger partial charge in [0.1, 0.15) is 17.3 Å². The van der Waals surface area contributed by atoms with E-state index in [4.69, 9.17) is 14.2 Å². The average molecular weight is 418 g/mol. The molecule has 0 N–H and O–H groups in total. The van der Waals surface area contributed by atoms with Gasteiger partial charge in [-0.05, 0) is 37.5 Å². The summed E-state index contributed by atoms with van der Waals surface area (Å²) in [7, 11) is 2.65. The lowest BCUT2D eigenvalue weighted by Crippen LogP contribution is -2.54. The molecule has 7 heteroatoms. The Balaban J connectivity index is 1.91. The molecule has 4 rings (SSSR count). The molecule has 2 bridgehead atoms. The monoisotopic (exact) mass is 418 g/mol. The van der Waals surface area contributed by atoms with Gasteiger partial charge in [-0.25, -0.2) is 0 Å². The summed E-state index contributed by atoms with van der Waals surface area (Å²) in [5.74, 6) is -2.38. The summed E-state index contributed by atoms with van der Waals surface area (Å²) >= 11 is 0. The Labute approximate surface area is 176 Å². The number of hydrogen-bond acceptors (Lipinski definition) is 7. The summed E-state index contributed by atoms with van der Waals surface area (Å²) in [6.45, 7) is 5.03. The molecule has 0 heterocycles. The van der Waals surface area contributed by atoms with Crippen molar-refractivity contribution in [3.05, 3.63) is 11.6 Å². The van der Waals surface area contributed by atoms with Crippen molar-refractivity contribution in [2.24, 2.45) is 34.0 Å². The zero-order chi connectivity index (χ0) is 22.1. The van der Waals surface area contributed by atoms with Gasteiger partial charge in [-0.1, -0.05) is 18.6 Å². The van der Waals surface area contributed by atoms with Crippen molar-refractivity contribution in [2.75, 3.05) is 14.2 Å². The molecule has 30 heavy (non-hydrogen) atoms. The Bertz CT molecular complexity index is 860. The first-order valence-electron chi connectivity index (χ1n) is 10.6. The highest BCUT2D eigenvalue weighted by atomic mass is 16.6. The van der Waals surface area contributed by atoms with Crippen LogP contribution in [0, 0.1) is 34.0 Å². The number of esters is 3. The Kier molecular flexibility index (Phi) is 4.68. The Morgan fingerprint density at radius 2 is 1.83 bits per heavy atom. The molecule has 0 aromatic carbocycles. The zero-order valence-corrected chi connectivity index (χ0v) is 18.3. The number of Topliss-reactive ketones (excluding diaryl/α,β-unsaturated/α-hetero) is 1. The third kappa shape index (κ3) is 2.50. The molecule has 7 atom stereocenters. The summed E-state index contributed by atoms with van der Waals surface area (Å²) in [6.07, 6.45) is 4.17. The molecule has 0 radical (unpaired) electrons. The topological polar surface area (TPSA) is 96.0 Å². The van der Waals surface area contributed by atoms with E-state index in [9.17, 15) is 19.2 Å². The maximum Gasteiger partial charge on any atom is 0.315 e. The van der Waals surface area contributed by atoms with Crippen LogP contribution in [0.1, 0.15) is 52.9 Å². The van der Waals surface area contributed by atoms with Gasteiger partial charge in [0.05, 0.1) is 20.1 Å². The first-order chi connectivity index (χ1) is 14.0. The molecule has 0 aliphatic heterocycles. The van der Waals surface area contributed by atoms with Crippen LogP contribution in [0.15, 0.2) is 11.6 Å². The Hall–Kier alpha value is -2.18. The fourth-order valence-electron chi connectivity index (χ4n) is 7.30. The minimum atomic E-state index is -1.24. The number of allylic oxidation sites excluding steroid dienone is 1. The van der Waals surface area contributed by atoms with Gasteiger partial charge in [0.25, 0.3) is 0 Å².